The average Bonchev–Trinajstić information content (AvgIpc) is 3.41. The molecule has 190 valence electrons. The molecule has 2 heterocycles. The fourth-order valence-corrected chi connectivity index (χ4v) is 5.07. The summed E-state index contributed by atoms with van der Waals surface area (Å²) < 4.78 is 11.6. The van der Waals surface area contributed by atoms with Gasteiger partial charge in [0.1, 0.15) is 23.4 Å². The Bertz CT molecular complexity index is 1350. The molecule has 1 saturated heterocycles. The van der Waals surface area contributed by atoms with Gasteiger partial charge < -0.3 is 19.5 Å². The third-order valence-corrected chi connectivity index (χ3v) is 6.84. The van der Waals surface area contributed by atoms with Crippen LogP contribution in [-0.4, -0.2) is 41.0 Å². The molecule has 5 rings (SSSR count). The number of rotatable bonds is 8. The minimum atomic E-state index is -0.725. The smallest absolute Gasteiger partial charge is 0.295 e. The monoisotopic (exact) mass is 497 g/mol. The van der Waals surface area contributed by atoms with Crippen LogP contribution in [0.15, 0.2) is 78.4 Å². The topological polar surface area (TPSA) is 76.1 Å². The third-order valence-electron chi connectivity index (χ3n) is 6.84. The molecule has 3 aromatic carbocycles. The number of nitrogens with zero attached hydrogens (tertiary/aromatic N) is 1. The lowest BCUT2D eigenvalue weighted by atomic mass is 9.94. The minimum Gasteiger partial charge on any atom is -0.507 e. The van der Waals surface area contributed by atoms with Crippen LogP contribution < -0.4 is 9.47 Å². The van der Waals surface area contributed by atoms with Gasteiger partial charge in [-0.3, -0.25) is 9.59 Å². The van der Waals surface area contributed by atoms with Crippen molar-refractivity contribution in [2.45, 2.75) is 45.3 Å². The Hall–Kier alpha value is -4.06. The number of benzene rings is 3. The summed E-state index contributed by atoms with van der Waals surface area (Å²) >= 11 is 0. The van der Waals surface area contributed by atoms with E-state index in [-0.39, 0.29) is 17.4 Å². The van der Waals surface area contributed by atoms with Gasteiger partial charge in [0.2, 0.25) is 0 Å². The standard InChI is InChI=1S/C31H31NO5/c1-3-16-36-25-11-7-10-22(19-25)28-27(29(33)23-12-13-26-24(18-23)17-20(2)37-26)30(34)31(35)32(28)15-14-21-8-5-4-6-9-21/h4-13,18-20,28,33H,3,14-17H2,1-2H3/b29-27+. The van der Waals surface area contributed by atoms with Crippen molar-refractivity contribution in [3.63, 3.8) is 0 Å². The quantitative estimate of drug-likeness (QED) is 0.254. The maximum Gasteiger partial charge on any atom is 0.295 e. The van der Waals surface area contributed by atoms with Gasteiger partial charge in [-0.1, -0.05) is 49.4 Å². The van der Waals surface area contributed by atoms with Crippen molar-refractivity contribution >= 4 is 17.4 Å². The van der Waals surface area contributed by atoms with Crippen LogP contribution >= 0.6 is 0 Å². The summed E-state index contributed by atoms with van der Waals surface area (Å²) in [6, 6.07) is 22.0. The fraction of sp³-hybridized carbons (Fsp3) is 0.290. The zero-order valence-electron chi connectivity index (χ0n) is 21.1. The van der Waals surface area contributed by atoms with E-state index >= 15 is 0 Å². The lowest BCUT2D eigenvalue weighted by Crippen LogP contribution is -2.31. The Labute approximate surface area is 217 Å². The molecule has 2 aliphatic rings. The predicted molar refractivity (Wildman–Crippen MR) is 142 cm³/mol. The van der Waals surface area contributed by atoms with Gasteiger partial charge in [-0.25, -0.2) is 0 Å². The van der Waals surface area contributed by atoms with E-state index in [0.29, 0.717) is 30.9 Å². The van der Waals surface area contributed by atoms with Crippen molar-refractivity contribution in [2.24, 2.45) is 0 Å². The number of Topliss-reactive ketones (excluding diaryl/α,β-unsaturated/α-hetero) is 1. The van der Waals surface area contributed by atoms with Crippen molar-refractivity contribution in [3.8, 4) is 11.5 Å². The van der Waals surface area contributed by atoms with Gasteiger partial charge in [0.15, 0.2) is 0 Å². The Morgan fingerprint density at radius 2 is 1.86 bits per heavy atom. The fourth-order valence-electron chi connectivity index (χ4n) is 5.07. The van der Waals surface area contributed by atoms with Crippen LogP contribution in [0, 0.1) is 0 Å². The second kappa shape index (κ2) is 10.5. The first-order valence-corrected chi connectivity index (χ1v) is 12.8. The second-order valence-corrected chi connectivity index (χ2v) is 9.60. The molecule has 0 spiro atoms. The number of hydrogen-bond acceptors (Lipinski definition) is 5. The molecule has 2 aliphatic heterocycles. The molecular weight excluding hydrogens is 466 g/mol. The number of fused-ring (bicyclic) bond motifs is 1. The highest BCUT2D eigenvalue weighted by Crippen LogP contribution is 2.41. The summed E-state index contributed by atoms with van der Waals surface area (Å²) in [6.07, 6.45) is 2.23. The summed E-state index contributed by atoms with van der Waals surface area (Å²) in [5.41, 5.74) is 3.36. The molecule has 2 atom stereocenters. The summed E-state index contributed by atoms with van der Waals surface area (Å²) in [5, 5.41) is 11.5. The Morgan fingerprint density at radius 3 is 2.65 bits per heavy atom. The number of likely N-dealkylation sites (tertiary alicyclic amines) is 1. The van der Waals surface area contributed by atoms with Crippen LogP contribution in [0.25, 0.3) is 5.76 Å². The minimum absolute atomic E-state index is 0.0572. The molecule has 0 bridgehead atoms. The number of aliphatic hydroxyl groups excluding tert-OH is 1. The molecule has 1 N–H and O–H groups in total. The van der Waals surface area contributed by atoms with E-state index in [0.717, 1.165) is 35.3 Å². The molecule has 2 unspecified atom stereocenters. The van der Waals surface area contributed by atoms with Gasteiger partial charge in [0.05, 0.1) is 18.2 Å². The highest BCUT2D eigenvalue weighted by Gasteiger charge is 2.46. The van der Waals surface area contributed by atoms with E-state index in [2.05, 4.69) is 0 Å². The van der Waals surface area contributed by atoms with Crippen molar-refractivity contribution in [3.05, 3.63) is 101 Å². The first-order valence-electron chi connectivity index (χ1n) is 12.8. The Balaban J connectivity index is 1.57. The lowest BCUT2D eigenvalue weighted by Gasteiger charge is -2.26. The van der Waals surface area contributed by atoms with E-state index in [9.17, 15) is 14.7 Å². The molecule has 3 aromatic rings. The molecule has 37 heavy (non-hydrogen) atoms. The summed E-state index contributed by atoms with van der Waals surface area (Å²) in [6.45, 7) is 4.93. The molecule has 1 amide bonds. The normalized spacial score (nSPS) is 20.1. The van der Waals surface area contributed by atoms with Crippen molar-refractivity contribution < 1.29 is 24.2 Å². The molecule has 0 saturated carbocycles. The molecule has 6 nitrogen and oxygen atoms in total. The van der Waals surface area contributed by atoms with Crippen LogP contribution in [0.5, 0.6) is 11.5 Å². The molecule has 0 aromatic heterocycles. The summed E-state index contributed by atoms with van der Waals surface area (Å²) in [7, 11) is 0. The molecule has 0 aliphatic carbocycles. The highest BCUT2D eigenvalue weighted by molar-refractivity contribution is 6.46. The summed E-state index contributed by atoms with van der Waals surface area (Å²) in [5.74, 6) is -0.0184. The van der Waals surface area contributed by atoms with Crippen molar-refractivity contribution in [1.29, 1.82) is 0 Å². The molecular formula is C31H31NO5. The zero-order chi connectivity index (χ0) is 25.9. The maximum absolute atomic E-state index is 13.4. The number of ketones is 1. The van der Waals surface area contributed by atoms with Crippen LogP contribution in [0.4, 0.5) is 0 Å². The van der Waals surface area contributed by atoms with E-state index in [1.165, 1.54) is 0 Å². The third kappa shape index (κ3) is 4.96. The number of carbonyl (C=O) groups excluding carboxylic acids is 2. The Kier molecular flexibility index (Phi) is 6.99. The van der Waals surface area contributed by atoms with Gasteiger partial charge in [-0.15, -0.1) is 0 Å². The van der Waals surface area contributed by atoms with Gasteiger partial charge >= 0.3 is 0 Å². The van der Waals surface area contributed by atoms with Crippen LogP contribution in [0.2, 0.25) is 0 Å². The lowest BCUT2D eigenvalue weighted by molar-refractivity contribution is -0.139. The van der Waals surface area contributed by atoms with Crippen molar-refractivity contribution in [2.75, 3.05) is 13.2 Å². The van der Waals surface area contributed by atoms with Gasteiger partial charge in [0.25, 0.3) is 11.7 Å². The SMILES string of the molecule is CCCOc1cccc(C2/C(=C(\O)c3ccc4c(c3)CC(C)O4)C(=O)C(=O)N2CCc2ccccc2)c1. The first-order chi connectivity index (χ1) is 18.0. The van der Waals surface area contributed by atoms with Crippen LogP contribution in [-0.2, 0) is 22.4 Å². The van der Waals surface area contributed by atoms with Gasteiger partial charge in [-0.05, 0) is 66.8 Å². The number of carbonyl (C=O) groups is 2. The van der Waals surface area contributed by atoms with Crippen LogP contribution in [0.3, 0.4) is 0 Å². The first kappa shape index (κ1) is 24.6. The second-order valence-electron chi connectivity index (χ2n) is 9.60. The maximum atomic E-state index is 13.4. The average molecular weight is 498 g/mol. The number of amides is 1. The zero-order valence-corrected chi connectivity index (χ0v) is 21.1. The molecule has 6 heteroatoms. The van der Waals surface area contributed by atoms with Crippen LogP contribution in [0.1, 0.15) is 48.6 Å². The summed E-state index contributed by atoms with van der Waals surface area (Å²) in [4.78, 5) is 28.3. The van der Waals surface area contributed by atoms with E-state index < -0.39 is 17.7 Å². The van der Waals surface area contributed by atoms with E-state index in [1.807, 2.05) is 80.6 Å². The Morgan fingerprint density at radius 1 is 1.05 bits per heavy atom. The highest BCUT2D eigenvalue weighted by atomic mass is 16.5. The largest absolute Gasteiger partial charge is 0.507 e. The van der Waals surface area contributed by atoms with Gasteiger partial charge in [-0.2, -0.15) is 0 Å². The molecule has 0 radical (unpaired) electrons. The number of aliphatic hydroxyl groups is 1. The predicted octanol–water partition coefficient (Wildman–Crippen LogP) is 5.46. The van der Waals surface area contributed by atoms with E-state index in [4.69, 9.17) is 9.47 Å². The number of hydrogen-bond donors (Lipinski definition) is 1. The van der Waals surface area contributed by atoms with E-state index in [1.54, 1.807) is 11.0 Å². The van der Waals surface area contributed by atoms with Crippen molar-refractivity contribution in [1.82, 2.24) is 4.90 Å². The van der Waals surface area contributed by atoms with Gasteiger partial charge in [0, 0.05) is 18.5 Å². The molecule has 1 fully saturated rings. The number of ether oxygens (including phenoxy) is 2.